The van der Waals surface area contributed by atoms with Crippen LogP contribution < -0.4 is 0 Å². The van der Waals surface area contributed by atoms with E-state index in [1.807, 2.05) is 13.8 Å². The van der Waals surface area contributed by atoms with Gasteiger partial charge in [-0.25, -0.2) is 0 Å². The normalized spacial score (nSPS) is 27.5. The zero-order valence-corrected chi connectivity index (χ0v) is 6.37. The van der Waals surface area contributed by atoms with Gasteiger partial charge in [-0.2, -0.15) is 0 Å². The Morgan fingerprint density at radius 3 is 3.00 bits per heavy atom. The molecule has 0 aliphatic carbocycles. The highest BCUT2D eigenvalue weighted by atomic mass is 16.6. The van der Waals surface area contributed by atoms with E-state index in [4.69, 9.17) is 9.94 Å². The van der Waals surface area contributed by atoms with E-state index in [9.17, 15) is 0 Å². The van der Waals surface area contributed by atoms with Crippen molar-refractivity contribution in [2.24, 2.45) is 11.1 Å². The number of aliphatic hydroxyl groups is 1. The van der Waals surface area contributed by atoms with Crippen molar-refractivity contribution in [2.45, 2.75) is 26.4 Å². The van der Waals surface area contributed by atoms with Crippen molar-refractivity contribution < 1.29 is 9.94 Å². The first-order valence-corrected chi connectivity index (χ1v) is 3.54. The molecule has 1 aliphatic heterocycles. The zero-order chi connectivity index (χ0) is 7.56. The van der Waals surface area contributed by atoms with Gasteiger partial charge in [0, 0.05) is 18.9 Å². The minimum absolute atomic E-state index is 0.102. The fourth-order valence-electron chi connectivity index (χ4n) is 0.946. The molecule has 0 spiro atoms. The van der Waals surface area contributed by atoms with Crippen molar-refractivity contribution in [3.05, 3.63) is 0 Å². The first-order valence-electron chi connectivity index (χ1n) is 3.54. The average Bonchev–Trinajstić information content (AvgIpc) is 2.34. The van der Waals surface area contributed by atoms with Gasteiger partial charge in [0.2, 0.25) is 0 Å². The highest BCUT2D eigenvalue weighted by Gasteiger charge is 2.23. The third-order valence-corrected chi connectivity index (χ3v) is 1.76. The van der Waals surface area contributed by atoms with Gasteiger partial charge < -0.3 is 9.94 Å². The maximum absolute atomic E-state index is 8.75. The minimum atomic E-state index is 0.102. The Balaban J connectivity index is 2.34. The summed E-state index contributed by atoms with van der Waals surface area (Å²) in [5.41, 5.74) is 1.02. The predicted molar refractivity (Wildman–Crippen MR) is 38.8 cm³/mol. The van der Waals surface area contributed by atoms with Gasteiger partial charge in [-0.3, -0.25) is 0 Å². The van der Waals surface area contributed by atoms with Crippen LogP contribution in [0.15, 0.2) is 5.16 Å². The van der Waals surface area contributed by atoms with Crippen LogP contribution in [0.3, 0.4) is 0 Å². The van der Waals surface area contributed by atoms with E-state index < -0.39 is 0 Å². The Bertz CT molecular complexity index is 145. The Morgan fingerprint density at radius 2 is 2.60 bits per heavy atom. The highest BCUT2D eigenvalue weighted by molar-refractivity contribution is 5.82. The van der Waals surface area contributed by atoms with Crippen LogP contribution in [0, 0.1) is 5.92 Å². The molecule has 0 saturated heterocycles. The van der Waals surface area contributed by atoms with E-state index in [-0.39, 0.29) is 18.6 Å². The van der Waals surface area contributed by atoms with Gasteiger partial charge in [-0.1, -0.05) is 12.1 Å². The van der Waals surface area contributed by atoms with Gasteiger partial charge in [-0.05, 0) is 6.92 Å². The predicted octanol–water partition coefficient (Wildman–Crippen LogP) is 0.780. The molecule has 2 atom stereocenters. The van der Waals surface area contributed by atoms with Crippen molar-refractivity contribution in [1.82, 2.24) is 0 Å². The standard InChI is InChI=1S/C7H13NO2/c1-5(4-9)7-3-6(2)8-10-7/h5,7,9H,3-4H2,1-2H3/t5-,7+/m1/s1. The molecular weight excluding hydrogens is 130 g/mol. The van der Waals surface area contributed by atoms with Crippen LogP contribution >= 0.6 is 0 Å². The molecule has 10 heavy (non-hydrogen) atoms. The molecule has 0 radical (unpaired) electrons. The first-order chi connectivity index (χ1) is 4.74. The Kier molecular flexibility index (Phi) is 2.27. The van der Waals surface area contributed by atoms with E-state index >= 15 is 0 Å². The summed E-state index contributed by atoms with van der Waals surface area (Å²) in [5.74, 6) is 0.196. The molecule has 1 N–H and O–H groups in total. The lowest BCUT2D eigenvalue weighted by atomic mass is 10.0. The van der Waals surface area contributed by atoms with E-state index in [0.29, 0.717) is 0 Å². The molecule has 0 bridgehead atoms. The number of rotatable bonds is 2. The fourth-order valence-corrected chi connectivity index (χ4v) is 0.946. The largest absolute Gasteiger partial charge is 0.396 e. The van der Waals surface area contributed by atoms with Crippen molar-refractivity contribution in [3.8, 4) is 0 Å². The molecule has 3 nitrogen and oxygen atoms in total. The number of hydrogen-bond donors (Lipinski definition) is 1. The molecule has 0 aromatic carbocycles. The molecular formula is C7H13NO2. The summed E-state index contributed by atoms with van der Waals surface area (Å²) in [6.07, 6.45) is 0.965. The van der Waals surface area contributed by atoms with Gasteiger partial charge in [0.25, 0.3) is 0 Å². The molecule has 0 aromatic heterocycles. The Labute approximate surface area is 60.7 Å². The smallest absolute Gasteiger partial charge is 0.137 e. The number of aliphatic hydroxyl groups excluding tert-OH is 1. The number of hydrogen-bond acceptors (Lipinski definition) is 3. The molecule has 0 aromatic rings. The molecule has 0 fully saturated rings. The summed E-state index contributed by atoms with van der Waals surface area (Å²) >= 11 is 0. The minimum Gasteiger partial charge on any atom is -0.396 e. The maximum Gasteiger partial charge on any atom is 0.137 e. The molecule has 3 heteroatoms. The van der Waals surface area contributed by atoms with Crippen LogP contribution in [0.1, 0.15) is 20.3 Å². The van der Waals surface area contributed by atoms with Crippen LogP contribution in [0.2, 0.25) is 0 Å². The average molecular weight is 143 g/mol. The van der Waals surface area contributed by atoms with E-state index in [1.165, 1.54) is 0 Å². The lowest BCUT2D eigenvalue weighted by Crippen LogP contribution is -2.20. The van der Waals surface area contributed by atoms with Crippen LogP contribution in [-0.2, 0) is 4.84 Å². The second-order valence-corrected chi connectivity index (χ2v) is 2.83. The van der Waals surface area contributed by atoms with Gasteiger partial charge in [0.05, 0.1) is 5.71 Å². The summed E-state index contributed by atoms with van der Waals surface area (Å²) in [6, 6.07) is 0. The summed E-state index contributed by atoms with van der Waals surface area (Å²) in [7, 11) is 0. The molecule has 1 aliphatic rings. The molecule has 0 unspecified atom stereocenters. The van der Waals surface area contributed by atoms with Gasteiger partial charge >= 0.3 is 0 Å². The first kappa shape index (κ1) is 7.54. The monoisotopic (exact) mass is 143 g/mol. The number of nitrogens with zero attached hydrogens (tertiary/aromatic N) is 1. The molecule has 0 amide bonds. The highest BCUT2D eigenvalue weighted by Crippen LogP contribution is 2.17. The molecule has 0 saturated carbocycles. The summed E-state index contributed by atoms with van der Waals surface area (Å²) in [6.45, 7) is 4.07. The summed E-state index contributed by atoms with van der Waals surface area (Å²) in [4.78, 5) is 5.05. The lowest BCUT2D eigenvalue weighted by Gasteiger charge is -2.13. The molecule has 1 heterocycles. The molecule has 1 rings (SSSR count). The van der Waals surface area contributed by atoms with Crippen molar-refractivity contribution in [2.75, 3.05) is 6.61 Å². The van der Waals surface area contributed by atoms with Crippen LogP contribution in [0.25, 0.3) is 0 Å². The van der Waals surface area contributed by atoms with Gasteiger partial charge in [-0.15, -0.1) is 0 Å². The quantitative estimate of drug-likeness (QED) is 0.620. The SMILES string of the molecule is CC1=NO[C@H]([C@H](C)CO)C1. The third kappa shape index (κ3) is 1.48. The van der Waals surface area contributed by atoms with E-state index in [1.54, 1.807) is 0 Å². The third-order valence-electron chi connectivity index (χ3n) is 1.76. The Morgan fingerprint density at radius 1 is 1.90 bits per heavy atom. The number of oxime groups is 1. The summed E-state index contributed by atoms with van der Waals surface area (Å²) in [5, 5.41) is 12.5. The van der Waals surface area contributed by atoms with E-state index in [0.717, 1.165) is 12.1 Å². The Hall–Kier alpha value is -0.570. The second kappa shape index (κ2) is 3.01. The zero-order valence-electron chi connectivity index (χ0n) is 6.37. The van der Waals surface area contributed by atoms with Crippen molar-refractivity contribution in [1.29, 1.82) is 0 Å². The summed E-state index contributed by atoms with van der Waals surface area (Å²) < 4.78 is 0. The van der Waals surface area contributed by atoms with Crippen molar-refractivity contribution in [3.63, 3.8) is 0 Å². The second-order valence-electron chi connectivity index (χ2n) is 2.83. The topological polar surface area (TPSA) is 41.8 Å². The molecule has 58 valence electrons. The van der Waals surface area contributed by atoms with Gasteiger partial charge in [0.1, 0.15) is 6.10 Å². The lowest BCUT2D eigenvalue weighted by molar-refractivity contribution is 0.0250. The fraction of sp³-hybridized carbons (Fsp3) is 0.857. The van der Waals surface area contributed by atoms with Crippen LogP contribution in [-0.4, -0.2) is 23.5 Å². The van der Waals surface area contributed by atoms with Crippen molar-refractivity contribution >= 4 is 5.71 Å². The van der Waals surface area contributed by atoms with Crippen LogP contribution in [0.5, 0.6) is 0 Å². The van der Waals surface area contributed by atoms with E-state index in [2.05, 4.69) is 5.16 Å². The van der Waals surface area contributed by atoms with Crippen LogP contribution in [0.4, 0.5) is 0 Å². The maximum atomic E-state index is 8.75. The van der Waals surface area contributed by atoms with Gasteiger partial charge in [0.15, 0.2) is 0 Å².